The van der Waals surface area contributed by atoms with Gasteiger partial charge in [0.05, 0.1) is 13.2 Å². The van der Waals surface area contributed by atoms with Crippen molar-refractivity contribution >= 4 is 21.5 Å². The molecule has 0 saturated carbocycles. The van der Waals surface area contributed by atoms with Crippen LogP contribution in [0.5, 0.6) is 0 Å². The van der Waals surface area contributed by atoms with E-state index in [0.717, 1.165) is 39.3 Å². The predicted octanol–water partition coefficient (Wildman–Crippen LogP) is 11.4. The molecule has 3 heteroatoms. The molecule has 0 N–H and O–H groups in total. The van der Waals surface area contributed by atoms with Crippen LogP contribution in [0.4, 0.5) is 0 Å². The van der Waals surface area contributed by atoms with Crippen molar-refractivity contribution in [2.24, 2.45) is 0 Å². The highest BCUT2D eigenvalue weighted by Crippen LogP contribution is 2.47. The van der Waals surface area contributed by atoms with Crippen LogP contribution in [0.25, 0.3) is 43.8 Å². The third kappa shape index (κ3) is 6.73. The van der Waals surface area contributed by atoms with E-state index in [1.165, 1.54) is 77.2 Å². The number of ether oxygens (including phenoxy) is 1. The molecule has 1 aliphatic heterocycles. The van der Waals surface area contributed by atoms with Crippen LogP contribution in [0.2, 0.25) is 0 Å². The molecule has 0 fully saturated rings. The SMILES string of the molecule is CCN(Cc1ccccc1)Cc1c(CN(CC)Cc2ccccc2)c(-c2cccc3ccccc23)c2c(c1-c1cccc3ccccc13)COC2. The van der Waals surface area contributed by atoms with E-state index in [4.69, 9.17) is 4.74 Å². The normalized spacial score (nSPS) is 12.7. The van der Waals surface area contributed by atoms with Crippen LogP contribution >= 0.6 is 0 Å². The molecule has 0 spiro atoms. The minimum Gasteiger partial charge on any atom is -0.372 e. The fourth-order valence-electron chi connectivity index (χ4n) is 8.12. The van der Waals surface area contributed by atoms with Gasteiger partial charge in [0.1, 0.15) is 0 Å². The van der Waals surface area contributed by atoms with Gasteiger partial charge in [-0.25, -0.2) is 0 Å². The molecular formula is C48H46N2O. The largest absolute Gasteiger partial charge is 0.372 e. The van der Waals surface area contributed by atoms with Gasteiger partial charge in [0.2, 0.25) is 0 Å². The fourth-order valence-corrected chi connectivity index (χ4v) is 8.12. The third-order valence-corrected chi connectivity index (χ3v) is 10.7. The maximum absolute atomic E-state index is 6.50. The van der Waals surface area contributed by atoms with Gasteiger partial charge in [0.25, 0.3) is 0 Å². The summed E-state index contributed by atoms with van der Waals surface area (Å²) < 4.78 is 6.50. The van der Waals surface area contributed by atoms with Gasteiger partial charge in [-0.1, -0.05) is 159 Å². The number of rotatable bonds is 12. The van der Waals surface area contributed by atoms with Crippen molar-refractivity contribution in [1.29, 1.82) is 0 Å². The zero-order valence-electron chi connectivity index (χ0n) is 29.8. The van der Waals surface area contributed by atoms with E-state index in [1.54, 1.807) is 0 Å². The summed E-state index contributed by atoms with van der Waals surface area (Å²) in [6.45, 7) is 11.2. The van der Waals surface area contributed by atoms with Crippen LogP contribution < -0.4 is 0 Å². The van der Waals surface area contributed by atoms with Crippen molar-refractivity contribution in [2.45, 2.75) is 53.2 Å². The molecule has 7 aromatic carbocycles. The fraction of sp³-hybridized carbons (Fsp3) is 0.208. The Hall–Kier alpha value is -5.06. The summed E-state index contributed by atoms with van der Waals surface area (Å²) in [5.41, 5.74) is 13.5. The molecule has 1 aliphatic rings. The summed E-state index contributed by atoms with van der Waals surface area (Å²) in [6, 6.07) is 53.3. The summed E-state index contributed by atoms with van der Waals surface area (Å²) in [5.74, 6) is 0. The number of hydrogen-bond donors (Lipinski definition) is 0. The zero-order chi connectivity index (χ0) is 34.6. The topological polar surface area (TPSA) is 15.7 Å². The second kappa shape index (κ2) is 15.0. The number of fused-ring (bicyclic) bond motifs is 3. The standard InChI is InChI=1S/C48H46N2O/c1-3-49(29-35-17-7-5-8-18-35)31-43-44(32-50(4-2)30-36-19-9-6-10-20-36)48(42-28-16-24-38-22-12-14-26-40(38)42)46-34-51-33-45(46)47(43)41-27-15-23-37-21-11-13-25-39(37)41/h5-28H,3-4,29-34H2,1-2H3. The Morgan fingerprint density at radius 1 is 0.431 bits per heavy atom. The van der Waals surface area contributed by atoms with Crippen LogP contribution in [-0.2, 0) is 44.1 Å². The van der Waals surface area contributed by atoms with E-state index in [2.05, 4.69) is 169 Å². The molecule has 254 valence electrons. The Bertz CT molecular complexity index is 2110. The van der Waals surface area contributed by atoms with Crippen LogP contribution in [0.1, 0.15) is 47.2 Å². The van der Waals surface area contributed by atoms with Gasteiger partial charge in [-0.2, -0.15) is 0 Å². The number of nitrogens with zero attached hydrogens (tertiary/aromatic N) is 2. The van der Waals surface area contributed by atoms with Crippen LogP contribution in [0, 0.1) is 0 Å². The molecular weight excluding hydrogens is 621 g/mol. The van der Waals surface area contributed by atoms with Gasteiger partial charge < -0.3 is 4.74 Å². The van der Waals surface area contributed by atoms with Gasteiger partial charge in [-0.05, 0) is 90.3 Å². The lowest BCUT2D eigenvalue weighted by atomic mass is 9.80. The van der Waals surface area contributed by atoms with Crippen molar-refractivity contribution in [3.63, 3.8) is 0 Å². The van der Waals surface area contributed by atoms with Crippen molar-refractivity contribution < 1.29 is 4.74 Å². The van der Waals surface area contributed by atoms with Gasteiger partial charge in [-0.15, -0.1) is 0 Å². The second-order valence-electron chi connectivity index (χ2n) is 13.8. The Morgan fingerprint density at radius 2 is 0.824 bits per heavy atom. The molecule has 3 nitrogen and oxygen atoms in total. The molecule has 7 aromatic rings. The first-order valence-corrected chi connectivity index (χ1v) is 18.5. The first-order chi connectivity index (χ1) is 25.2. The highest BCUT2D eigenvalue weighted by Gasteiger charge is 2.31. The summed E-state index contributed by atoms with van der Waals surface area (Å²) in [7, 11) is 0. The molecule has 8 rings (SSSR count). The van der Waals surface area contributed by atoms with E-state index in [-0.39, 0.29) is 0 Å². The summed E-state index contributed by atoms with van der Waals surface area (Å²) >= 11 is 0. The quantitative estimate of drug-likeness (QED) is 0.129. The molecule has 0 unspecified atom stereocenters. The second-order valence-corrected chi connectivity index (χ2v) is 13.8. The van der Waals surface area contributed by atoms with Gasteiger partial charge in [0, 0.05) is 26.2 Å². The lowest BCUT2D eigenvalue weighted by molar-refractivity contribution is 0.135. The predicted molar refractivity (Wildman–Crippen MR) is 213 cm³/mol. The average Bonchev–Trinajstić information content (AvgIpc) is 3.67. The summed E-state index contributed by atoms with van der Waals surface area (Å²) in [6.07, 6.45) is 0. The summed E-state index contributed by atoms with van der Waals surface area (Å²) in [4.78, 5) is 5.23. The van der Waals surface area contributed by atoms with Crippen molar-refractivity contribution in [2.75, 3.05) is 13.1 Å². The maximum Gasteiger partial charge on any atom is 0.0731 e. The van der Waals surface area contributed by atoms with Gasteiger partial charge in [-0.3, -0.25) is 9.80 Å². The Morgan fingerprint density at radius 3 is 1.25 bits per heavy atom. The molecule has 0 radical (unpaired) electrons. The zero-order valence-corrected chi connectivity index (χ0v) is 29.8. The van der Waals surface area contributed by atoms with E-state index in [1.807, 2.05) is 0 Å². The van der Waals surface area contributed by atoms with Gasteiger partial charge >= 0.3 is 0 Å². The number of hydrogen-bond acceptors (Lipinski definition) is 3. The average molecular weight is 667 g/mol. The van der Waals surface area contributed by atoms with E-state index in [0.29, 0.717) is 13.2 Å². The maximum atomic E-state index is 6.50. The third-order valence-electron chi connectivity index (χ3n) is 10.7. The van der Waals surface area contributed by atoms with Crippen molar-refractivity contribution in [3.8, 4) is 22.3 Å². The Kier molecular flexibility index (Phi) is 9.77. The first kappa shape index (κ1) is 33.1. The highest BCUT2D eigenvalue weighted by molar-refractivity contribution is 6.02. The van der Waals surface area contributed by atoms with Crippen LogP contribution in [0.3, 0.4) is 0 Å². The van der Waals surface area contributed by atoms with Crippen molar-refractivity contribution in [1.82, 2.24) is 9.80 Å². The minimum absolute atomic E-state index is 0.616. The monoisotopic (exact) mass is 666 g/mol. The Balaban J connectivity index is 1.43. The molecule has 0 aromatic heterocycles. The molecule has 0 amide bonds. The lowest BCUT2D eigenvalue weighted by Crippen LogP contribution is -2.27. The molecule has 0 bridgehead atoms. The van der Waals surface area contributed by atoms with Crippen LogP contribution in [0.15, 0.2) is 146 Å². The van der Waals surface area contributed by atoms with E-state index in [9.17, 15) is 0 Å². The first-order valence-electron chi connectivity index (χ1n) is 18.5. The highest BCUT2D eigenvalue weighted by atomic mass is 16.5. The van der Waals surface area contributed by atoms with Gasteiger partial charge in [0.15, 0.2) is 0 Å². The van der Waals surface area contributed by atoms with E-state index >= 15 is 0 Å². The summed E-state index contributed by atoms with van der Waals surface area (Å²) in [5, 5.41) is 5.12. The lowest BCUT2D eigenvalue weighted by Gasteiger charge is -2.31. The molecule has 0 saturated heterocycles. The number of benzene rings is 7. The minimum atomic E-state index is 0.616. The van der Waals surface area contributed by atoms with Crippen molar-refractivity contribution in [3.05, 3.63) is 179 Å². The molecule has 0 atom stereocenters. The van der Waals surface area contributed by atoms with Crippen LogP contribution in [-0.4, -0.2) is 22.9 Å². The molecule has 0 aliphatic carbocycles. The molecule has 1 heterocycles. The smallest absolute Gasteiger partial charge is 0.0731 e. The Labute approximate surface area is 302 Å². The van der Waals surface area contributed by atoms with E-state index < -0.39 is 0 Å². The molecule has 51 heavy (non-hydrogen) atoms.